The summed E-state index contributed by atoms with van der Waals surface area (Å²) in [4.78, 5) is 19.9. The summed E-state index contributed by atoms with van der Waals surface area (Å²) in [6.45, 7) is 4.60. The molecule has 18 heavy (non-hydrogen) atoms. The summed E-state index contributed by atoms with van der Waals surface area (Å²) < 4.78 is 4.63. The van der Waals surface area contributed by atoms with Crippen molar-refractivity contribution in [3.63, 3.8) is 0 Å². The van der Waals surface area contributed by atoms with Crippen LogP contribution in [-0.2, 0) is 11.2 Å². The number of carbonyl (C=O) groups is 1. The Kier molecular flexibility index (Phi) is 4.66. The summed E-state index contributed by atoms with van der Waals surface area (Å²) in [7, 11) is 2.07. The molecule has 1 aromatic rings. The Labute approximate surface area is 106 Å². The van der Waals surface area contributed by atoms with Crippen LogP contribution >= 0.6 is 0 Å². The monoisotopic (exact) mass is 253 g/mol. The van der Waals surface area contributed by atoms with Crippen LogP contribution in [0.25, 0.3) is 0 Å². The molecule has 0 radical (unpaired) electrons. The summed E-state index contributed by atoms with van der Waals surface area (Å²) in [5, 5.41) is 6.81. The predicted octanol–water partition coefficient (Wildman–Crippen LogP) is -1.02. The molecule has 7 nitrogen and oxygen atoms in total. The standard InChI is InChI=1S/C11H19N5O2/c1-15-4-6-16(7-5-15)11(17)8-12-3-2-10-13-9-18-14-10/h9,12H,2-8H2,1H3. The summed E-state index contributed by atoms with van der Waals surface area (Å²) in [6.07, 6.45) is 1.98. The quantitative estimate of drug-likeness (QED) is 0.677. The van der Waals surface area contributed by atoms with Crippen LogP contribution in [0.2, 0.25) is 0 Å². The number of piperazine rings is 1. The SMILES string of the molecule is CN1CCN(C(=O)CNCCc2ncon2)CC1. The number of nitrogens with zero attached hydrogens (tertiary/aromatic N) is 4. The fourth-order valence-electron chi connectivity index (χ4n) is 1.87. The first-order valence-corrected chi connectivity index (χ1v) is 6.18. The Morgan fingerprint density at radius 2 is 2.22 bits per heavy atom. The van der Waals surface area contributed by atoms with Gasteiger partial charge in [-0.1, -0.05) is 5.16 Å². The zero-order chi connectivity index (χ0) is 12.8. The van der Waals surface area contributed by atoms with E-state index in [1.54, 1.807) is 0 Å². The van der Waals surface area contributed by atoms with E-state index in [2.05, 4.69) is 31.9 Å². The third-order valence-electron chi connectivity index (χ3n) is 3.06. The van der Waals surface area contributed by atoms with Crippen LogP contribution in [0.5, 0.6) is 0 Å². The fourth-order valence-corrected chi connectivity index (χ4v) is 1.87. The maximum Gasteiger partial charge on any atom is 0.236 e. The van der Waals surface area contributed by atoms with Crippen LogP contribution in [0.3, 0.4) is 0 Å². The number of hydrogen-bond acceptors (Lipinski definition) is 6. The van der Waals surface area contributed by atoms with Crippen molar-refractivity contribution < 1.29 is 9.32 Å². The maximum atomic E-state index is 11.9. The van der Waals surface area contributed by atoms with E-state index in [-0.39, 0.29) is 5.91 Å². The van der Waals surface area contributed by atoms with Crippen LogP contribution in [0, 0.1) is 0 Å². The molecule has 100 valence electrons. The average Bonchev–Trinajstić information content (AvgIpc) is 2.88. The molecule has 0 bridgehead atoms. The minimum atomic E-state index is 0.163. The number of carbonyl (C=O) groups excluding carboxylic acids is 1. The van der Waals surface area contributed by atoms with Crippen molar-refractivity contribution in [3.8, 4) is 0 Å². The van der Waals surface area contributed by atoms with E-state index in [4.69, 9.17) is 0 Å². The number of hydrogen-bond donors (Lipinski definition) is 1. The van der Waals surface area contributed by atoms with E-state index in [1.165, 1.54) is 6.39 Å². The molecule has 0 aliphatic carbocycles. The second kappa shape index (κ2) is 6.46. The van der Waals surface area contributed by atoms with Gasteiger partial charge in [-0.25, -0.2) is 0 Å². The highest BCUT2D eigenvalue weighted by Crippen LogP contribution is 1.98. The van der Waals surface area contributed by atoms with Gasteiger partial charge >= 0.3 is 0 Å². The van der Waals surface area contributed by atoms with E-state index in [0.29, 0.717) is 25.3 Å². The van der Waals surface area contributed by atoms with Crippen molar-refractivity contribution in [2.45, 2.75) is 6.42 Å². The second-order valence-corrected chi connectivity index (χ2v) is 4.46. The lowest BCUT2D eigenvalue weighted by molar-refractivity contribution is -0.131. The Morgan fingerprint density at radius 1 is 1.44 bits per heavy atom. The predicted molar refractivity (Wildman–Crippen MR) is 64.9 cm³/mol. The van der Waals surface area contributed by atoms with Crippen molar-refractivity contribution in [2.24, 2.45) is 0 Å². The molecular formula is C11H19N5O2. The smallest absolute Gasteiger partial charge is 0.236 e. The van der Waals surface area contributed by atoms with Gasteiger partial charge in [0.25, 0.3) is 0 Å². The van der Waals surface area contributed by atoms with Gasteiger partial charge in [0, 0.05) is 39.1 Å². The van der Waals surface area contributed by atoms with Gasteiger partial charge < -0.3 is 19.6 Å². The molecule has 0 unspecified atom stereocenters. The van der Waals surface area contributed by atoms with Crippen molar-refractivity contribution in [1.29, 1.82) is 0 Å². The van der Waals surface area contributed by atoms with Crippen molar-refractivity contribution in [3.05, 3.63) is 12.2 Å². The molecule has 1 saturated heterocycles. The fraction of sp³-hybridized carbons (Fsp3) is 0.727. The van der Waals surface area contributed by atoms with E-state index >= 15 is 0 Å². The summed E-state index contributed by atoms with van der Waals surface area (Å²) >= 11 is 0. The molecule has 2 heterocycles. The molecule has 0 atom stereocenters. The van der Waals surface area contributed by atoms with E-state index < -0.39 is 0 Å². The molecule has 0 aromatic carbocycles. The van der Waals surface area contributed by atoms with Crippen molar-refractivity contribution in [1.82, 2.24) is 25.3 Å². The molecule has 0 spiro atoms. The van der Waals surface area contributed by atoms with E-state index in [9.17, 15) is 4.79 Å². The lowest BCUT2D eigenvalue weighted by Gasteiger charge is -2.32. The van der Waals surface area contributed by atoms with Crippen LogP contribution in [0.15, 0.2) is 10.9 Å². The highest BCUT2D eigenvalue weighted by molar-refractivity contribution is 5.78. The molecule has 1 N–H and O–H groups in total. The Hall–Kier alpha value is -1.47. The van der Waals surface area contributed by atoms with Crippen molar-refractivity contribution >= 4 is 5.91 Å². The first kappa shape index (κ1) is 13.0. The van der Waals surface area contributed by atoms with Crippen LogP contribution in [0.4, 0.5) is 0 Å². The topological polar surface area (TPSA) is 74.5 Å². The first-order chi connectivity index (χ1) is 8.75. The van der Waals surface area contributed by atoms with Gasteiger partial charge in [0.15, 0.2) is 5.82 Å². The number of aromatic nitrogens is 2. The van der Waals surface area contributed by atoms with Gasteiger partial charge in [-0.2, -0.15) is 4.98 Å². The minimum absolute atomic E-state index is 0.163. The van der Waals surface area contributed by atoms with Gasteiger partial charge in [0.05, 0.1) is 6.54 Å². The first-order valence-electron chi connectivity index (χ1n) is 6.18. The highest BCUT2D eigenvalue weighted by atomic mass is 16.5. The third kappa shape index (κ3) is 3.78. The second-order valence-electron chi connectivity index (χ2n) is 4.46. The largest absolute Gasteiger partial charge is 0.343 e. The summed E-state index contributed by atoms with van der Waals surface area (Å²) in [6, 6.07) is 0. The average molecular weight is 253 g/mol. The van der Waals surface area contributed by atoms with Gasteiger partial charge in [-0.3, -0.25) is 4.79 Å². The zero-order valence-electron chi connectivity index (χ0n) is 10.6. The number of rotatable bonds is 5. The van der Waals surface area contributed by atoms with E-state index in [0.717, 1.165) is 26.2 Å². The zero-order valence-corrected chi connectivity index (χ0v) is 10.6. The maximum absolute atomic E-state index is 11.9. The lowest BCUT2D eigenvalue weighted by Crippen LogP contribution is -2.49. The molecule has 1 amide bonds. The Morgan fingerprint density at radius 3 is 2.89 bits per heavy atom. The summed E-state index contributed by atoms with van der Waals surface area (Å²) in [5.74, 6) is 0.825. The van der Waals surface area contributed by atoms with Crippen molar-refractivity contribution in [2.75, 3.05) is 46.3 Å². The molecule has 1 aromatic heterocycles. The summed E-state index contributed by atoms with van der Waals surface area (Å²) in [5.41, 5.74) is 0. The molecular weight excluding hydrogens is 234 g/mol. The molecule has 0 saturated carbocycles. The third-order valence-corrected chi connectivity index (χ3v) is 3.06. The van der Waals surface area contributed by atoms with Gasteiger partial charge in [0.2, 0.25) is 12.3 Å². The number of nitrogens with one attached hydrogen (secondary N) is 1. The Bertz CT molecular complexity index is 360. The minimum Gasteiger partial charge on any atom is -0.343 e. The molecule has 1 aliphatic rings. The normalized spacial score (nSPS) is 17.1. The van der Waals surface area contributed by atoms with E-state index in [1.807, 2.05) is 4.90 Å². The Balaban J connectivity index is 1.60. The van der Waals surface area contributed by atoms with Crippen LogP contribution in [0.1, 0.15) is 5.82 Å². The van der Waals surface area contributed by atoms with Gasteiger partial charge in [-0.05, 0) is 7.05 Å². The lowest BCUT2D eigenvalue weighted by atomic mass is 10.3. The van der Waals surface area contributed by atoms with Crippen LogP contribution in [-0.4, -0.2) is 72.2 Å². The van der Waals surface area contributed by atoms with Gasteiger partial charge in [0.1, 0.15) is 0 Å². The van der Waals surface area contributed by atoms with Crippen LogP contribution < -0.4 is 5.32 Å². The number of likely N-dealkylation sites (N-methyl/N-ethyl adjacent to an activating group) is 1. The molecule has 7 heteroatoms. The molecule has 1 aliphatic heterocycles. The van der Waals surface area contributed by atoms with Gasteiger partial charge in [-0.15, -0.1) is 0 Å². The molecule has 1 fully saturated rings. The molecule has 2 rings (SSSR count). The number of amides is 1. The highest BCUT2D eigenvalue weighted by Gasteiger charge is 2.18.